The van der Waals surface area contributed by atoms with Crippen LogP contribution in [0.2, 0.25) is 0 Å². The van der Waals surface area contributed by atoms with E-state index >= 15 is 0 Å². The molecule has 1 aromatic heterocycles. The SMILES string of the molecule is C=Cc1cc(C(=O)Nc2ccc(C(=N)NC(=O)OCCCCCC)cc2)c(-c2ccc(C(=O)NCC3CC3)nc2C(=O)OC(C)OC(=O)[C@@H](NC(=O)OC(C)(C)C)C(C)C)cc1OC. The van der Waals surface area contributed by atoms with Crippen LogP contribution in [0, 0.1) is 17.2 Å². The fourth-order valence-corrected chi connectivity index (χ4v) is 6.17. The van der Waals surface area contributed by atoms with E-state index in [1.54, 1.807) is 58.9 Å². The van der Waals surface area contributed by atoms with Gasteiger partial charge in [-0.2, -0.15) is 0 Å². The Kier molecular flexibility index (Phi) is 18.0. The first-order valence-electron chi connectivity index (χ1n) is 21.3. The second kappa shape index (κ2) is 23.1. The molecule has 2 aromatic carbocycles. The minimum absolute atomic E-state index is 0.0464. The maximum absolute atomic E-state index is 14.2. The zero-order chi connectivity index (χ0) is 47.1. The van der Waals surface area contributed by atoms with Gasteiger partial charge in [0.2, 0.25) is 6.29 Å². The zero-order valence-corrected chi connectivity index (χ0v) is 37.8. The van der Waals surface area contributed by atoms with Gasteiger partial charge in [-0.1, -0.05) is 52.7 Å². The number of pyridine rings is 1. The van der Waals surface area contributed by atoms with Gasteiger partial charge in [-0.3, -0.25) is 20.3 Å². The average molecular weight is 885 g/mol. The van der Waals surface area contributed by atoms with E-state index in [0.29, 0.717) is 35.0 Å². The predicted molar refractivity (Wildman–Crippen MR) is 240 cm³/mol. The van der Waals surface area contributed by atoms with Gasteiger partial charge in [0.1, 0.15) is 28.9 Å². The van der Waals surface area contributed by atoms with Crippen molar-refractivity contribution in [2.45, 2.75) is 105 Å². The molecule has 1 fully saturated rings. The van der Waals surface area contributed by atoms with Crippen LogP contribution in [-0.4, -0.2) is 85.0 Å². The maximum atomic E-state index is 14.2. The molecule has 0 aliphatic heterocycles. The fraction of sp³-hybridized carbons (Fsp3) is 0.447. The normalized spacial score (nSPS) is 13.1. The summed E-state index contributed by atoms with van der Waals surface area (Å²) in [5, 5.41) is 18.9. The van der Waals surface area contributed by atoms with Crippen LogP contribution in [0.15, 0.2) is 55.1 Å². The Balaban J connectivity index is 1.64. The van der Waals surface area contributed by atoms with E-state index in [1.807, 2.05) is 0 Å². The summed E-state index contributed by atoms with van der Waals surface area (Å²) in [6.07, 6.45) is 4.13. The molecule has 0 saturated heterocycles. The number of anilines is 1. The number of esters is 2. The lowest BCUT2D eigenvalue weighted by Crippen LogP contribution is -2.48. The maximum Gasteiger partial charge on any atom is 0.412 e. The molecular weight excluding hydrogens is 825 g/mol. The Morgan fingerprint density at radius 1 is 0.906 bits per heavy atom. The first kappa shape index (κ1) is 49.9. The van der Waals surface area contributed by atoms with Crippen LogP contribution in [0.1, 0.15) is 129 Å². The van der Waals surface area contributed by atoms with E-state index in [4.69, 9.17) is 29.1 Å². The number of amides is 4. The number of nitrogens with zero attached hydrogens (tertiary/aromatic N) is 1. The van der Waals surface area contributed by atoms with Crippen molar-refractivity contribution in [2.75, 3.05) is 25.6 Å². The second-order valence-electron chi connectivity index (χ2n) is 16.6. The molecule has 2 atom stereocenters. The van der Waals surface area contributed by atoms with Crippen molar-refractivity contribution in [3.63, 3.8) is 0 Å². The summed E-state index contributed by atoms with van der Waals surface area (Å²) in [5.74, 6) is -3.15. The number of unbranched alkanes of at least 4 members (excludes halogenated alkanes) is 3. The van der Waals surface area contributed by atoms with Crippen molar-refractivity contribution < 1.29 is 52.5 Å². The third-order valence-corrected chi connectivity index (χ3v) is 9.73. The highest BCUT2D eigenvalue weighted by Gasteiger charge is 2.32. The van der Waals surface area contributed by atoms with Crippen molar-refractivity contribution in [2.24, 2.45) is 11.8 Å². The van der Waals surface area contributed by atoms with Crippen molar-refractivity contribution in [1.29, 1.82) is 5.41 Å². The van der Waals surface area contributed by atoms with Crippen LogP contribution in [0.4, 0.5) is 15.3 Å². The Labute approximate surface area is 373 Å². The minimum atomic E-state index is -1.51. The van der Waals surface area contributed by atoms with Crippen LogP contribution in [-0.2, 0) is 23.7 Å². The summed E-state index contributed by atoms with van der Waals surface area (Å²) in [6.45, 7) is 16.3. The van der Waals surface area contributed by atoms with Gasteiger partial charge in [0.15, 0.2) is 5.69 Å². The number of alkyl carbamates (subject to hydrolysis) is 2. The van der Waals surface area contributed by atoms with Crippen molar-refractivity contribution in [3.8, 4) is 16.9 Å². The molecule has 64 heavy (non-hydrogen) atoms. The van der Waals surface area contributed by atoms with E-state index < -0.39 is 59.8 Å². The summed E-state index contributed by atoms with van der Waals surface area (Å²) in [5.41, 5.74) is 0.0849. The first-order valence-corrected chi connectivity index (χ1v) is 21.3. The smallest absolute Gasteiger partial charge is 0.412 e. The van der Waals surface area contributed by atoms with Gasteiger partial charge in [-0.15, -0.1) is 0 Å². The van der Waals surface area contributed by atoms with Gasteiger partial charge in [0.05, 0.1) is 13.7 Å². The molecule has 1 unspecified atom stereocenters. The summed E-state index contributed by atoms with van der Waals surface area (Å²) in [7, 11) is 1.42. The van der Waals surface area contributed by atoms with Gasteiger partial charge >= 0.3 is 24.1 Å². The van der Waals surface area contributed by atoms with Gasteiger partial charge in [0, 0.05) is 47.0 Å². The highest BCUT2D eigenvalue weighted by Crippen LogP contribution is 2.35. The molecule has 3 aromatic rings. The van der Waals surface area contributed by atoms with Gasteiger partial charge < -0.3 is 39.6 Å². The molecule has 1 aliphatic rings. The first-order chi connectivity index (χ1) is 30.3. The van der Waals surface area contributed by atoms with E-state index in [0.717, 1.165) is 38.5 Å². The number of hydrogen-bond donors (Lipinski definition) is 5. The Morgan fingerprint density at radius 3 is 2.22 bits per heavy atom. The van der Waals surface area contributed by atoms with Crippen molar-refractivity contribution in [1.82, 2.24) is 20.9 Å². The zero-order valence-electron chi connectivity index (χ0n) is 37.8. The largest absolute Gasteiger partial charge is 0.496 e. The molecule has 1 heterocycles. The number of ether oxygens (including phenoxy) is 5. The van der Waals surface area contributed by atoms with Crippen LogP contribution >= 0.6 is 0 Å². The predicted octanol–water partition coefficient (Wildman–Crippen LogP) is 8.02. The number of carbonyl (C=O) groups excluding carboxylic acids is 6. The third kappa shape index (κ3) is 14.9. The summed E-state index contributed by atoms with van der Waals surface area (Å²) >= 11 is 0. The van der Waals surface area contributed by atoms with Crippen molar-refractivity contribution in [3.05, 3.63) is 83.2 Å². The summed E-state index contributed by atoms with van der Waals surface area (Å²) < 4.78 is 27.1. The van der Waals surface area contributed by atoms with Crippen molar-refractivity contribution >= 4 is 53.5 Å². The molecule has 0 bridgehead atoms. The standard InChI is InChI=1S/C47H60N6O11/c1-10-12-13-14-23-61-45(58)53-40(48)31-17-19-32(20-18-31)50-41(54)35-24-30(11-2)37(60-9)25-34(35)33-21-22-36(42(55)49-26-29-15-16-29)51-39(33)44(57)63-28(5)62-43(56)38(27(3)4)52-46(59)64-47(6,7)8/h11,17-22,24-25,27-29,38H,2,10,12-16,23,26H2,1,3-9H3,(H,49,55)(H,50,54)(H,52,59)(H2,48,53,58)/t28?,38-/m0/s1. The van der Waals surface area contributed by atoms with E-state index in [9.17, 15) is 28.8 Å². The van der Waals surface area contributed by atoms with Crippen LogP contribution < -0.4 is 26.0 Å². The third-order valence-electron chi connectivity index (χ3n) is 9.73. The lowest BCUT2D eigenvalue weighted by Gasteiger charge is -2.25. The number of nitrogens with one attached hydrogen (secondary N) is 5. The molecule has 17 nitrogen and oxygen atoms in total. The number of hydrogen-bond acceptors (Lipinski definition) is 13. The average Bonchev–Trinajstić information content (AvgIpc) is 4.08. The Hall–Kier alpha value is -6.78. The highest BCUT2D eigenvalue weighted by molar-refractivity contribution is 6.11. The van der Waals surface area contributed by atoms with Crippen LogP contribution in [0.5, 0.6) is 5.75 Å². The van der Waals surface area contributed by atoms with Crippen LogP contribution in [0.25, 0.3) is 17.2 Å². The topological polar surface area (TPSA) is 233 Å². The van der Waals surface area contributed by atoms with Gasteiger partial charge in [-0.05, 0) is 100 Å². The van der Waals surface area contributed by atoms with E-state index in [1.165, 1.54) is 44.4 Å². The molecule has 0 radical (unpaired) electrons. The number of methoxy groups -OCH3 is 1. The number of amidine groups is 1. The number of aromatic nitrogens is 1. The van der Waals surface area contributed by atoms with Gasteiger partial charge in [-0.25, -0.2) is 24.2 Å². The Morgan fingerprint density at radius 2 is 1.61 bits per heavy atom. The van der Waals surface area contributed by atoms with E-state index in [-0.39, 0.29) is 40.5 Å². The monoisotopic (exact) mass is 884 g/mol. The highest BCUT2D eigenvalue weighted by atomic mass is 16.7. The molecule has 5 N–H and O–H groups in total. The minimum Gasteiger partial charge on any atom is -0.496 e. The summed E-state index contributed by atoms with van der Waals surface area (Å²) in [6, 6.07) is 10.9. The van der Waals surface area contributed by atoms with E-state index in [2.05, 4.69) is 39.8 Å². The number of carbonyl (C=O) groups is 6. The lowest BCUT2D eigenvalue weighted by molar-refractivity contribution is -0.169. The molecule has 344 valence electrons. The molecule has 4 amide bonds. The lowest BCUT2D eigenvalue weighted by atomic mass is 9.94. The number of benzene rings is 2. The Bertz CT molecular complexity index is 2200. The summed E-state index contributed by atoms with van der Waals surface area (Å²) in [4.78, 5) is 84.0. The quantitative estimate of drug-likeness (QED) is 0.0181. The van der Waals surface area contributed by atoms with Gasteiger partial charge in [0.25, 0.3) is 11.8 Å². The molecule has 0 spiro atoms. The molecular formula is C47H60N6O11. The molecule has 4 rings (SSSR count). The molecule has 1 saturated carbocycles. The number of rotatable bonds is 20. The fourth-order valence-electron chi connectivity index (χ4n) is 6.17. The van der Waals surface area contributed by atoms with Crippen LogP contribution in [0.3, 0.4) is 0 Å². The molecule has 17 heteroatoms. The molecule has 1 aliphatic carbocycles. The second-order valence-corrected chi connectivity index (χ2v) is 16.6.